The van der Waals surface area contributed by atoms with Crippen molar-refractivity contribution in [3.63, 3.8) is 0 Å². The van der Waals surface area contributed by atoms with Gasteiger partial charge in [0.2, 0.25) is 0 Å². The van der Waals surface area contributed by atoms with Gasteiger partial charge < -0.3 is 27.8 Å². The van der Waals surface area contributed by atoms with Gasteiger partial charge in [0.25, 0.3) is 0 Å². The van der Waals surface area contributed by atoms with Gasteiger partial charge in [-0.2, -0.15) is 0 Å². The summed E-state index contributed by atoms with van der Waals surface area (Å²) in [6.45, 7) is 40.6. The second-order valence-electron chi connectivity index (χ2n) is 19.5. The molecule has 8 rings (SSSR count). The summed E-state index contributed by atoms with van der Waals surface area (Å²) in [5.74, 6) is 1.78. The second kappa shape index (κ2) is 11.3. The highest BCUT2D eigenvalue weighted by molar-refractivity contribution is 5.96. The van der Waals surface area contributed by atoms with Gasteiger partial charge in [-0.05, 0) is 39.8 Å². The zero-order valence-corrected chi connectivity index (χ0v) is 34.9. The van der Waals surface area contributed by atoms with Crippen molar-refractivity contribution in [1.82, 2.24) is 0 Å². The van der Waals surface area contributed by atoms with E-state index in [-0.39, 0.29) is 11.8 Å². The van der Waals surface area contributed by atoms with Crippen LogP contribution in [0.3, 0.4) is 0 Å². The van der Waals surface area contributed by atoms with Crippen LogP contribution >= 0.6 is 0 Å². The van der Waals surface area contributed by atoms with Crippen molar-refractivity contribution in [3.05, 3.63) is 117 Å². The highest BCUT2D eigenvalue weighted by Crippen LogP contribution is 2.69. The predicted octanol–water partition coefficient (Wildman–Crippen LogP) is 10.5. The van der Waals surface area contributed by atoms with Gasteiger partial charge >= 0.3 is 11.3 Å². The lowest BCUT2D eigenvalue weighted by atomic mass is 9.61. The summed E-state index contributed by atoms with van der Waals surface area (Å²) in [6, 6.07) is 3.80. The third-order valence-electron chi connectivity index (χ3n) is 13.3. The molecule has 0 spiro atoms. The van der Waals surface area contributed by atoms with Gasteiger partial charge in [0.15, 0.2) is 0 Å². The number of rotatable bonds is 8. The SMILES string of the molecule is C=CC(C)(C)c1cc2c3c4c(c(C(C)(C)C=C)c2oc1=O)OC(C)(C)C1Oc2c5c(c(C(C)(C)C=C)c6oc(=O)c(C(C)(C)C=C)cc26)OC(C)(C)C(O3)C5C41. The third kappa shape index (κ3) is 4.83. The molecule has 4 aliphatic heterocycles. The van der Waals surface area contributed by atoms with E-state index in [2.05, 4.69) is 26.3 Å². The van der Waals surface area contributed by atoms with Crippen molar-refractivity contribution >= 4 is 21.9 Å². The van der Waals surface area contributed by atoms with Gasteiger partial charge in [0, 0.05) is 66.9 Å². The van der Waals surface area contributed by atoms with E-state index in [0.717, 1.165) is 22.3 Å². The van der Waals surface area contributed by atoms with Crippen LogP contribution < -0.4 is 30.2 Å². The number of allylic oxidation sites excluding steroid dienone is 4. The molecule has 8 nitrogen and oxygen atoms in total. The van der Waals surface area contributed by atoms with E-state index in [1.54, 1.807) is 12.2 Å². The van der Waals surface area contributed by atoms with Crippen molar-refractivity contribution in [2.24, 2.45) is 0 Å². The van der Waals surface area contributed by atoms with Crippen LogP contribution in [0.25, 0.3) is 21.9 Å². The largest absolute Gasteiger partial charge is 0.484 e. The molecule has 0 N–H and O–H groups in total. The summed E-state index contributed by atoms with van der Waals surface area (Å²) in [4.78, 5) is 27.8. The van der Waals surface area contributed by atoms with E-state index in [1.807, 2.05) is 107 Å². The molecule has 56 heavy (non-hydrogen) atoms. The number of fused-ring (bicyclic) bond motifs is 4. The van der Waals surface area contributed by atoms with Crippen molar-refractivity contribution in [2.75, 3.05) is 0 Å². The highest BCUT2D eigenvalue weighted by atomic mass is 16.6. The number of hydrogen-bond donors (Lipinski definition) is 0. The molecular weight excluding hydrogens is 705 g/mol. The number of ether oxygens (including phenoxy) is 4. The molecule has 4 unspecified atom stereocenters. The Kier molecular flexibility index (Phi) is 7.67. The predicted molar refractivity (Wildman–Crippen MR) is 222 cm³/mol. The van der Waals surface area contributed by atoms with E-state index in [4.69, 9.17) is 27.8 Å². The smallest absolute Gasteiger partial charge is 0.340 e. The minimum Gasteiger partial charge on any atom is -0.484 e. The zero-order valence-electron chi connectivity index (χ0n) is 34.9. The second-order valence-corrected chi connectivity index (χ2v) is 19.5. The fourth-order valence-corrected chi connectivity index (χ4v) is 9.42. The van der Waals surface area contributed by atoms with Gasteiger partial charge in [-0.25, -0.2) is 9.59 Å². The Morgan fingerprint density at radius 2 is 0.857 bits per heavy atom. The summed E-state index contributed by atoms with van der Waals surface area (Å²) < 4.78 is 41.7. The van der Waals surface area contributed by atoms with Gasteiger partial charge in [0.1, 0.15) is 57.6 Å². The summed E-state index contributed by atoms with van der Waals surface area (Å²) in [6.07, 6.45) is 6.17. The molecule has 0 aliphatic carbocycles. The summed E-state index contributed by atoms with van der Waals surface area (Å²) >= 11 is 0. The van der Waals surface area contributed by atoms with Crippen LogP contribution in [0.15, 0.2) is 81.2 Å². The molecule has 0 saturated heterocycles. The van der Waals surface area contributed by atoms with Crippen LogP contribution in [-0.2, 0) is 21.7 Å². The quantitative estimate of drug-likeness (QED) is 0.129. The molecule has 0 saturated carbocycles. The maximum atomic E-state index is 13.9. The molecule has 0 amide bonds. The van der Waals surface area contributed by atoms with Crippen LogP contribution in [-0.4, -0.2) is 23.4 Å². The minimum atomic E-state index is -0.911. The average Bonchev–Trinajstić information content (AvgIpc) is 3.11. The molecule has 2 aromatic carbocycles. The molecule has 8 heteroatoms. The lowest BCUT2D eigenvalue weighted by Gasteiger charge is -2.59. The van der Waals surface area contributed by atoms with Crippen molar-refractivity contribution in [1.29, 1.82) is 0 Å². The van der Waals surface area contributed by atoms with E-state index < -0.39 is 56.3 Å². The van der Waals surface area contributed by atoms with Crippen LogP contribution in [0.5, 0.6) is 23.0 Å². The molecule has 294 valence electrons. The fourth-order valence-electron chi connectivity index (χ4n) is 9.42. The Balaban J connectivity index is 1.58. The van der Waals surface area contributed by atoms with Crippen molar-refractivity contribution < 1.29 is 27.8 Å². The minimum absolute atomic E-state index is 0.291. The Morgan fingerprint density at radius 3 is 1.16 bits per heavy atom. The van der Waals surface area contributed by atoms with Crippen LogP contribution in [0.4, 0.5) is 0 Å². The molecule has 6 heterocycles. The number of hydrogen-bond acceptors (Lipinski definition) is 8. The van der Waals surface area contributed by atoms with Crippen molar-refractivity contribution in [3.8, 4) is 23.0 Å². The first-order valence-corrected chi connectivity index (χ1v) is 19.5. The lowest BCUT2D eigenvalue weighted by molar-refractivity contribution is -0.113. The average molecular weight is 759 g/mol. The lowest BCUT2D eigenvalue weighted by Crippen LogP contribution is -2.63. The summed E-state index contributed by atoms with van der Waals surface area (Å²) in [5, 5.41) is 1.33. The number of benzene rings is 2. The van der Waals surface area contributed by atoms with Crippen LogP contribution in [0.2, 0.25) is 0 Å². The molecular formula is C48H54O8. The molecule has 0 fully saturated rings. The summed E-state index contributed by atoms with van der Waals surface area (Å²) in [5.41, 5.74) is -0.615. The third-order valence-corrected chi connectivity index (χ3v) is 13.3. The normalized spacial score (nSPS) is 22.9. The van der Waals surface area contributed by atoms with E-state index in [1.165, 1.54) is 0 Å². The fraction of sp³-hybridized carbons (Fsp3) is 0.458. The first-order valence-electron chi connectivity index (χ1n) is 19.5. The Morgan fingerprint density at radius 1 is 0.536 bits per heavy atom. The van der Waals surface area contributed by atoms with Crippen LogP contribution in [0, 0.1) is 0 Å². The first-order chi connectivity index (χ1) is 25.9. The van der Waals surface area contributed by atoms with E-state index in [0.29, 0.717) is 56.1 Å². The maximum Gasteiger partial charge on any atom is 0.340 e. The topological polar surface area (TPSA) is 97.3 Å². The van der Waals surface area contributed by atoms with Gasteiger partial charge in [0.05, 0.1) is 10.8 Å². The molecule has 4 aromatic rings. The molecule has 4 atom stereocenters. The highest BCUT2D eigenvalue weighted by Gasteiger charge is 2.65. The molecule has 2 aromatic heterocycles. The Bertz CT molecular complexity index is 2410. The first kappa shape index (κ1) is 37.9. The monoisotopic (exact) mass is 758 g/mol. The van der Waals surface area contributed by atoms with Gasteiger partial charge in [-0.1, -0.05) is 79.7 Å². The van der Waals surface area contributed by atoms with Crippen molar-refractivity contribution in [2.45, 2.75) is 140 Å². The molecule has 0 radical (unpaired) electrons. The molecule has 4 aliphatic rings. The van der Waals surface area contributed by atoms with Gasteiger partial charge in [-0.15, -0.1) is 26.3 Å². The van der Waals surface area contributed by atoms with Crippen LogP contribution in [0.1, 0.15) is 128 Å². The maximum absolute atomic E-state index is 13.9. The zero-order chi connectivity index (χ0) is 41.0. The van der Waals surface area contributed by atoms with Gasteiger partial charge in [-0.3, -0.25) is 0 Å². The summed E-state index contributed by atoms with van der Waals surface area (Å²) in [7, 11) is 0. The van der Waals surface area contributed by atoms with E-state index in [9.17, 15) is 9.59 Å². The Labute approximate surface area is 328 Å². The molecule has 0 bridgehead atoms. The Hall–Kier alpha value is -4.98. The van der Waals surface area contributed by atoms with E-state index >= 15 is 0 Å². The standard InChI is InChI=1S/C48H54O8/c1-17-43(5,6)25-21-23-33-29-27-28-30-34(52-40(27)48(15,16)55-37(29)31(45(9,10)19-3)35(23)53-41(25)49)24-22-26(44(7,8)18-2)42(50)54-36(24)32(46(11,12)20-4)38(30)56-47(13,14)39(28)51-33/h17-22,27-28,39-40H,1-4H2,5-16H3.